The highest BCUT2D eigenvalue weighted by Gasteiger charge is 2.44. The van der Waals surface area contributed by atoms with Crippen LogP contribution in [0, 0.1) is 0 Å². The van der Waals surface area contributed by atoms with Crippen LogP contribution in [0.3, 0.4) is 0 Å². The molecule has 31 heavy (non-hydrogen) atoms. The summed E-state index contributed by atoms with van der Waals surface area (Å²) in [4.78, 5) is 24.5. The average molecular weight is 410 g/mol. The summed E-state index contributed by atoms with van der Waals surface area (Å²) in [5.74, 6) is 1.17. The second-order valence-electron chi connectivity index (χ2n) is 8.34. The highest BCUT2D eigenvalue weighted by Crippen LogP contribution is 2.39. The molecule has 3 N–H and O–H groups in total. The standard InChI is InChI=1S/C23H19N7O/c1-23(2)16-8-7-14(11-18(16)27-21(23)31)26-22-28-20-13-24-9-10-30(20,29-22)19-12-25-17-6-4-3-5-15(17)19/h3-13,25H,1-2H3,(H-,26,27,29,31)/p+1. The molecule has 0 saturated carbocycles. The van der Waals surface area contributed by atoms with Gasteiger partial charge in [0.15, 0.2) is 11.9 Å². The minimum atomic E-state index is -0.536. The third-order valence-corrected chi connectivity index (χ3v) is 6.08. The molecule has 1 aromatic heterocycles. The lowest BCUT2D eigenvalue weighted by molar-refractivity contribution is -0.119. The van der Waals surface area contributed by atoms with Crippen molar-refractivity contribution in [2.45, 2.75) is 19.3 Å². The number of H-pyrrole nitrogens is 1. The van der Waals surface area contributed by atoms with Crippen molar-refractivity contribution in [1.29, 1.82) is 0 Å². The number of nitrogens with zero attached hydrogens (tertiary/aromatic N) is 4. The van der Waals surface area contributed by atoms with Gasteiger partial charge in [-0.15, -0.1) is 0 Å². The number of carbonyl (C=O) groups excluding carboxylic acids is 1. The van der Waals surface area contributed by atoms with Crippen LogP contribution in [-0.2, 0) is 10.2 Å². The third kappa shape index (κ3) is 2.45. The molecule has 0 saturated heterocycles. The van der Waals surface area contributed by atoms with E-state index >= 15 is 0 Å². The molecule has 1 unspecified atom stereocenters. The van der Waals surface area contributed by atoms with Gasteiger partial charge in [0.05, 0.1) is 28.7 Å². The van der Waals surface area contributed by atoms with E-state index in [2.05, 4.69) is 26.7 Å². The van der Waals surface area contributed by atoms with Crippen molar-refractivity contribution in [2.75, 3.05) is 10.6 Å². The van der Waals surface area contributed by atoms with Gasteiger partial charge in [-0.25, -0.2) is 0 Å². The molecule has 0 bridgehead atoms. The first-order valence-electron chi connectivity index (χ1n) is 10.1. The molecule has 6 rings (SSSR count). The second kappa shape index (κ2) is 5.99. The predicted octanol–water partition coefficient (Wildman–Crippen LogP) is 4.06. The molecule has 2 aromatic carbocycles. The van der Waals surface area contributed by atoms with Crippen molar-refractivity contribution in [1.82, 2.24) is 9.58 Å². The van der Waals surface area contributed by atoms with Crippen molar-refractivity contribution in [3.8, 4) is 0 Å². The molecule has 8 nitrogen and oxygen atoms in total. The van der Waals surface area contributed by atoms with Gasteiger partial charge in [0.2, 0.25) is 5.91 Å². The van der Waals surface area contributed by atoms with Crippen LogP contribution < -0.4 is 15.2 Å². The maximum Gasteiger partial charge on any atom is 0.287 e. The van der Waals surface area contributed by atoms with Gasteiger partial charge in [0, 0.05) is 11.4 Å². The third-order valence-electron chi connectivity index (χ3n) is 6.08. The van der Waals surface area contributed by atoms with Gasteiger partial charge in [0.25, 0.3) is 11.8 Å². The average Bonchev–Trinajstić information content (AvgIpc) is 3.40. The van der Waals surface area contributed by atoms with Crippen LogP contribution in [-0.4, -0.2) is 28.9 Å². The Hall–Kier alpha value is -4.04. The fraction of sp³-hybridized carbons (Fsp3) is 0.130. The zero-order valence-corrected chi connectivity index (χ0v) is 17.0. The van der Waals surface area contributed by atoms with Crippen molar-refractivity contribution in [3.05, 3.63) is 66.6 Å². The van der Waals surface area contributed by atoms with Crippen LogP contribution >= 0.6 is 0 Å². The molecule has 3 aromatic rings. The monoisotopic (exact) mass is 410 g/mol. The molecule has 0 spiro atoms. The SMILES string of the molecule is CC1(C)C(=O)Nc2cc(NC3=N[N+]4(c5c[nH]c6ccccc56)C=CN=CC4=N3)ccc21. The quantitative estimate of drug-likeness (QED) is 0.556. The fourth-order valence-corrected chi connectivity index (χ4v) is 4.33. The molecule has 152 valence electrons. The van der Waals surface area contributed by atoms with E-state index in [0.717, 1.165) is 33.5 Å². The number of anilines is 2. The second-order valence-corrected chi connectivity index (χ2v) is 8.34. The Bertz CT molecular complexity index is 1390. The number of nitrogens with one attached hydrogen (secondary N) is 3. The normalized spacial score (nSPS) is 22.7. The Morgan fingerprint density at radius 1 is 1.13 bits per heavy atom. The van der Waals surface area contributed by atoms with E-state index in [9.17, 15) is 4.79 Å². The van der Waals surface area contributed by atoms with E-state index in [1.165, 1.54) is 0 Å². The number of fused-ring (bicyclic) bond motifs is 3. The number of aromatic amines is 1. The van der Waals surface area contributed by atoms with Crippen LogP contribution in [0.5, 0.6) is 0 Å². The van der Waals surface area contributed by atoms with Gasteiger partial charge in [-0.1, -0.05) is 22.8 Å². The molecule has 1 amide bonds. The Labute approximate surface area is 178 Å². The number of para-hydroxylation sites is 1. The van der Waals surface area contributed by atoms with Crippen molar-refractivity contribution in [3.63, 3.8) is 0 Å². The molecule has 1 atom stereocenters. The number of amidine groups is 1. The number of rotatable bonds is 2. The lowest BCUT2D eigenvalue weighted by Gasteiger charge is -2.22. The number of hydrogen-bond acceptors (Lipinski definition) is 5. The van der Waals surface area contributed by atoms with Crippen LogP contribution in [0.25, 0.3) is 10.9 Å². The van der Waals surface area contributed by atoms with E-state index in [4.69, 9.17) is 10.1 Å². The molecule has 0 fully saturated rings. The Kier molecular flexibility index (Phi) is 3.44. The summed E-state index contributed by atoms with van der Waals surface area (Å²) in [6, 6.07) is 13.9. The fourth-order valence-electron chi connectivity index (χ4n) is 4.33. The lowest BCUT2D eigenvalue weighted by atomic mass is 9.86. The van der Waals surface area contributed by atoms with Gasteiger partial charge in [-0.2, -0.15) is 4.99 Å². The van der Waals surface area contributed by atoms with E-state index < -0.39 is 5.41 Å². The number of quaternary nitrogens is 1. The van der Waals surface area contributed by atoms with Gasteiger partial charge < -0.3 is 15.6 Å². The summed E-state index contributed by atoms with van der Waals surface area (Å²) in [5.41, 5.74) is 4.07. The number of guanidine groups is 1. The predicted molar refractivity (Wildman–Crippen MR) is 124 cm³/mol. The summed E-state index contributed by atoms with van der Waals surface area (Å²) in [6.45, 7) is 3.85. The zero-order chi connectivity index (χ0) is 21.2. The summed E-state index contributed by atoms with van der Waals surface area (Å²) in [5, 5.41) is 12.2. The smallest absolute Gasteiger partial charge is 0.287 e. The zero-order valence-electron chi connectivity index (χ0n) is 17.0. The number of aromatic nitrogens is 1. The van der Waals surface area contributed by atoms with Crippen molar-refractivity contribution < 1.29 is 4.79 Å². The number of carbonyl (C=O) groups is 1. The first-order chi connectivity index (χ1) is 15.0. The van der Waals surface area contributed by atoms with E-state index in [1.54, 1.807) is 12.4 Å². The van der Waals surface area contributed by atoms with Gasteiger partial charge >= 0.3 is 0 Å². The maximum atomic E-state index is 12.3. The van der Waals surface area contributed by atoms with E-state index in [0.29, 0.717) is 11.8 Å². The highest BCUT2D eigenvalue weighted by atomic mass is 16.2. The van der Waals surface area contributed by atoms with Gasteiger partial charge in [-0.05, 0) is 48.8 Å². The molecule has 0 aliphatic carbocycles. The molecule has 4 heterocycles. The molecular weight excluding hydrogens is 390 g/mol. The van der Waals surface area contributed by atoms with Crippen molar-refractivity contribution >= 4 is 51.9 Å². The first kappa shape index (κ1) is 17.8. The van der Waals surface area contributed by atoms with Gasteiger partial charge in [-0.3, -0.25) is 9.79 Å². The Balaban J connectivity index is 1.40. The number of aliphatic imine (C=N–C) groups is 2. The van der Waals surface area contributed by atoms with Crippen LogP contribution in [0.2, 0.25) is 0 Å². The van der Waals surface area contributed by atoms with E-state index in [1.807, 2.05) is 62.6 Å². The lowest BCUT2D eigenvalue weighted by Crippen LogP contribution is -2.44. The Morgan fingerprint density at radius 2 is 2.00 bits per heavy atom. The number of amides is 1. The summed E-state index contributed by atoms with van der Waals surface area (Å²) >= 11 is 0. The largest absolute Gasteiger partial charge is 0.356 e. The topological polar surface area (TPSA) is 94.0 Å². The number of hydrogen-bond donors (Lipinski definition) is 3. The van der Waals surface area contributed by atoms with Crippen LogP contribution in [0.15, 0.2) is 76.1 Å². The number of benzene rings is 2. The van der Waals surface area contributed by atoms with Gasteiger partial charge in [0.1, 0.15) is 6.21 Å². The first-order valence-corrected chi connectivity index (χ1v) is 10.1. The van der Waals surface area contributed by atoms with Crippen LogP contribution in [0.1, 0.15) is 19.4 Å². The van der Waals surface area contributed by atoms with E-state index in [-0.39, 0.29) is 10.5 Å². The summed E-state index contributed by atoms with van der Waals surface area (Å²) in [7, 11) is 0. The molecule has 8 heteroatoms. The summed E-state index contributed by atoms with van der Waals surface area (Å²) < 4.78 is 0.102. The molecular formula is C23H20N7O+. The minimum Gasteiger partial charge on any atom is -0.356 e. The Morgan fingerprint density at radius 3 is 2.90 bits per heavy atom. The van der Waals surface area contributed by atoms with Crippen LogP contribution in [0.4, 0.5) is 17.1 Å². The minimum absolute atomic E-state index is 0.000392. The maximum absolute atomic E-state index is 12.3. The summed E-state index contributed by atoms with van der Waals surface area (Å²) in [6.07, 6.45) is 7.34. The molecule has 0 radical (unpaired) electrons. The molecule has 3 aliphatic rings. The van der Waals surface area contributed by atoms with Crippen molar-refractivity contribution in [2.24, 2.45) is 15.1 Å². The highest BCUT2D eigenvalue weighted by molar-refractivity contribution is 6.39. The molecule has 3 aliphatic heterocycles.